The zero-order valence-electron chi connectivity index (χ0n) is 9.98. The third kappa shape index (κ3) is 2.71. The van der Waals surface area contributed by atoms with Gasteiger partial charge in [0.05, 0.1) is 0 Å². The highest BCUT2D eigenvalue weighted by Gasteiger charge is 2.52. The molecule has 100 valence electrons. The molecule has 2 aromatic rings. The summed E-state index contributed by atoms with van der Waals surface area (Å²) in [7, 11) is 0. The summed E-state index contributed by atoms with van der Waals surface area (Å²) in [6.07, 6.45) is -0.829. The lowest BCUT2D eigenvalue weighted by molar-refractivity contribution is -0.175. The molecule has 0 saturated carbocycles. The van der Waals surface area contributed by atoms with Crippen molar-refractivity contribution >= 4 is 6.08 Å². The fraction of sp³-hybridized carbons (Fsp3) is 0.143. The summed E-state index contributed by atoms with van der Waals surface area (Å²) >= 11 is 0. The van der Waals surface area contributed by atoms with Crippen molar-refractivity contribution in [1.82, 2.24) is 4.98 Å². The molecule has 3 N–H and O–H groups in total. The van der Waals surface area contributed by atoms with Gasteiger partial charge in [-0.05, 0) is 23.8 Å². The van der Waals surface area contributed by atoms with Gasteiger partial charge in [-0.25, -0.2) is 0 Å². The number of hydrogen-bond acceptors (Lipinski definition) is 1. The fourth-order valence-electron chi connectivity index (χ4n) is 1.72. The highest BCUT2D eigenvalue weighted by atomic mass is 19.4. The number of benzene rings is 1. The number of aromatic nitrogens is 1. The number of hydrogen-bond donors (Lipinski definition) is 2. The molecule has 2 rings (SSSR count). The van der Waals surface area contributed by atoms with E-state index in [1.165, 1.54) is 24.4 Å². The number of aromatic amines is 1. The van der Waals surface area contributed by atoms with Crippen LogP contribution in [0.5, 0.6) is 0 Å². The summed E-state index contributed by atoms with van der Waals surface area (Å²) in [5, 5.41) is 0. The van der Waals surface area contributed by atoms with E-state index in [-0.39, 0.29) is 5.69 Å². The Morgan fingerprint density at radius 3 is 2.21 bits per heavy atom. The van der Waals surface area contributed by atoms with Crippen LogP contribution in [0.15, 0.2) is 54.7 Å². The normalized spacial score (nSPS) is 15.6. The molecule has 0 saturated heterocycles. The zero-order chi connectivity index (χ0) is 13.9. The third-order valence-corrected chi connectivity index (χ3v) is 2.85. The minimum absolute atomic E-state index is 0.0906. The number of nitrogens with two attached hydrogens (primary N) is 1. The molecule has 19 heavy (non-hydrogen) atoms. The SMILES string of the molecule is N[C@](/C=C\c1ccccc1)(c1ccc[nH]1)C(F)(F)F. The highest BCUT2D eigenvalue weighted by Crippen LogP contribution is 2.37. The van der Waals surface area contributed by atoms with E-state index in [1.807, 2.05) is 0 Å². The predicted molar refractivity (Wildman–Crippen MR) is 68.2 cm³/mol. The minimum atomic E-state index is -4.58. The predicted octanol–water partition coefficient (Wildman–Crippen LogP) is 3.44. The number of rotatable bonds is 3. The molecule has 1 aromatic carbocycles. The minimum Gasteiger partial charge on any atom is -0.363 e. The van der Waals surface area contributed by atoms with E-state index in [0.717, 1.165) is 6.08 Å². The second-order valence-electron chi connectivity index (χ2n) is 4.19. The summed E-state index contributed by atoms with van der Waals surface area (Å²) in [4.78, 5) is 2.52. The van der Waals surface area contributed by atoms with Gasteiger partial charge in [-0.3, -0.25) is 0 Å². The topological polar surface area (TPSA) is 41.8 Å². The number of H-pyrrole nitrogens is 1. The van der Waals surface area contributed by atoms with Gasteiger partial charge in [-0.1, -0.05) is 36.4 Å². The van der Waals surface area contributed by atoms with Gasteiger partial charge in [-0.2, -0.15) is 13.2 Å². The molecular formula is C14H13F3N2. The van der Waals surface area contributed by atoms with Crippen molar-refractivity contribution in [1.29, 1.82) is 0 Å². The van der Waals surface area contributed by atoms with E-state index in [0.29, 0.717) is 5.56 Å². The maximum absolute atomic E-state index is 13.2. The van der Waals surface area contributed by atoms with Gasteiger partial charge in [0.2, 0.25) is 0 Å². The molecule has 5 heteroatoms. The smallest absolute Gasteiger partial charge is 0.363 e. The van der Waals surface area contributed by atoms with E-state index in [1.54, 1.807) is 30.3 Å². The van der Waals surface area contributed by atoms with Gasteiger partial charge < -0.3 is 10.7 Å². The van der Waals surface area contributed by atoms with E-state index in [4.69, 9.17) is 5.73 Å². The standard InChI is InChI=1S/C14H13F3N2/c15-14(16,17)13(18,12-7-4-10-19-12)9-8-11-5-2-1-3-6-11/h1-10,19H,18H2/b9-8-/t13-/m1/s1. The van der Waals surface area contributed by atoms with Crippen molar-refractivity contribution in [3.63, 3.8) is 0 Å². The van der Waals surface area contributed by atoms with Crippen molar-refractivity contribution in [2.24, 2.45) is 5.73 Å². The lowest BCUT2D eigenvalue weighted by Crippen LogP contribution is -2.49. The highest BCUT2D eigenvalue weighted by molar-refractivity contribution is 5.52. The van der Waals surface area contributed by atoms with Crippen molar-refractivity contribution in [3.8, 4) is 0 Å². The van der Waals surface area contributed by atoms with Crippen LogP contribution in [0.1, 0.15) is 11.3 Å². The van der Waals surface area contributed by atoms with Crippen LogP contribution >= 0.6 is 0 Å². The maximum atomic E-state index is 13.2. The molecule has 0 spiro atoms. The van der Waals surface area contributed by atoms with Crippen LogP contribution in [0.4, 0.5) is 13.2 Å². The van der Waals surface area contributed by atoms with Gasteiger partial charge in [0.25, 0.3) is 0 Å². The van der Waals surface area contributed by atoms with E-state index < -0.39 is 11.7 Å². The summed E-state index contributed by atoms with van der Waals surface area (Å²) < 4.78 is 39.5. The molecule has 0 unspecified atom stereocenters. The lowest BCUT2D eigenvalue weighted by Gasteiger charge is -2.27. The first-order chi connectivity index (χ1) is 8.93. The molecule has 0 aliphatic rings. The Kier molecular flexibility index (Phi) is 3.48. The van der Waals surface area contributed by atoms with E-state index in [9.17, 15) is 13.2 Å². The van der Waals surface area contributed by atoms with Crippen molar-refractivity contribution < 1.29 is 13.2 Å². The molecular weight excluding hydrogens is 253 g/mol. The Hall–Kier alpha value is -2.01. The Bertz CT molecular complexity index is 544. The van der Waals surface area contributed by atoms with Gasteiger partial charge in [0, 0.05) is 11.9 Å². The number of halogens is 3. The summed E-state index contributed by atoms with van der Waals surface area (Å²) in [5.41, 5.74) is 3.59. The van der Waals surface area contributed by atoms with Crippen LogP contribution in [0.2, 0.25) is 0 Å². The Morgan fingerprint density at radius 2 is 1.68 bits per heavy atom. The molecule has 0 amide bonds. The first kappa shape index (κ1) is 13.4. The average Bonchev–Trinajstić information content (AvgIpc) is 2.90. The van der Waals surface area contributed by atoms with Gasteiger partial charge in [-0.15, -0.1) is 0 Å². The molecule has 0 aliphatic heterocycles. The van der Waals surface area contributed by atoms with Crippen LogP contribution in [-0.4, -0.2) is 11.2 Å². The lowest BCUT2D eigenvalue weighted by atomic mass is 9.94. The second-order valence-corrected chi connectivity index (χ2v) is 4.19. The molecule has 0 fully saturated rings. The number of alkyl halides is 3. The molecule has 0 bridgehead atoms. The summed E-state index contributed by atoms with van der Waals surface area (Å²) in [6.45, 7) is 0. The van der Waals surface area contributed by atoms with Gasteiger partial charge in [0.1, 0.15) is 0 Å². The van der Waals surface area contributed by atoms with Crippen LogP contribution in [0.3, 0.4) is 0 Å². The molecule has 0 radical (unpaired) electrons. The Balaban J connectivity index is 2.38. The van der Waals surface area contributed by atoms with E-state index in [2.05, 4.69) is 4.98 Å². The first-order valence-corrected chi connectivity index (χ1v) is 5.67. The van der Waals surface area contributed by atoms with Crippen LogP contribution in [0.25, 0.3) is 6.08 Å². The van der Waals surface area contributed by atoms with Crippen molar-refractivity contribution in [3.05, 3.63) is 66.0 Å². The molecule has 2 nitrogen and oxygen atoms in total. The molecule has 1 heterocycles. The van der Waals surface area contributed by atoms with Crippen LogP contribution < -0.4 is 5.73 Å². The van der Waals surface area contributed by atoms with E-state index >= 15 is 0 Å². The van der Waals surface area contributed by atoms with Crippen molar-refractivity contribution in [2.45, 2.75) is 11.7 Å². The van der Waals surface area contributed by atoms with Crippen LogP contribution in [0, 0.1) is 0 Å². The largest absolute Gasteiger partial charge is 0.415 e. The Labute approximate surface area is 108 Å². The van der Waals surface area contributed by atoms with Gasteiger partial charge in [0.15, 0.2) is 5.54 Å². The van der Waals surface area contributed by atoms with Crippen molar-refractivity contribution in [2.75, 3.05) is 0 Å². The summed E-state index contributed by atoms with van der Waals surface area (Å²) in [6, 6.07) is 11.5. The third-order valence-electron chi connectivity index (χ3n) is 2.85. The quantitative estimate of drug-likeness (QED) is 0.877. The molecule has 0 aliphatic carbocycles. The Morgan fingerprint density at radius 1 is 1.00 bits per heavy atom. The molecule has 1 aromatic heterocycles. The second kappa shape index (κ2) is 4.93. The van der Waals surface area contributed by atoms with Crippen LogP contribution in [-0.2, 0) is 5.54 Å². The fourth-order valence-corrected chi connectivity index (χ4v) is 1.72. The maximum Gasteiger partial charge on any atom is 0.415 e. The zero-order valence-corrected chi connectivity index (χ0v) is 9.98. The summed E-state index contributed by atoms with van der Waals surface area (Å²) in [5.74, 6) is 0. The number of nitrogens with one attached hydrogen (secondary N) is 1. The van der Waals surface area contributed by atoms with Gasteiger partial charge >= 0.3 is 6.18 Å². The first-order valence-electron chi connectivity index (χ1n) is 5.67. The monoisotopic (exact) mass is 266 g/mol. The molecule has 1 atom stereocenters. The average molecular weight is 266 g/mol.